The van der Waals surface area contributed by atoms with Crippen LogP contribution in [-0.2, 0) is 11.2 Å². The summed E-state index contributed by atoms with van der Waals surface area (Å²) in [4.78, 5) is 14.2. The van der Waals surface area contributed by atoms with Gasteiger partial charge in [0.15, 0.2) is 6.10 Å². The van der Waals surface area contributed by atoms with Crippen molar-refractivity contribution < 1.29 is 9.53 Å². The Morgan fingerprint density at radius 2 is 1.95 bits per heavy atom. The third-order valence-corrected chi connectivity index (χ3v) is 4.12. The van der Waals surface area contributed by atoms with Gasteiger partial charge in [0, 0.05) is 25.2 Å². The smallest absolute Gasteiger partial charge is 0.268 e. The van der Waals surface area contributed by atoms with Crippen LogP contribution >= 0.6 is 0 Å². The molecule has 0 fully saturated rings. The predicted molar refractivity (Wildman–Crippen MR) is 88.3 cm³/mol. The van der Waals surface area contributed by atoms with Crippen molar-refractivity contribution in [2.24, 2.45) is 0 Å². The van der Waals surface area contributed by atoms with E-state index in [1.165, 1.54) is 11.1 Å². The van der Waals surface area contributed by atoms with Crippen LogP contribution in [0.1, 0.15) is 16.7 Å². The largest absolute Gasteiger partial charge is 0.478 e. The van der Waals surface area contributed by atoms with Crippen LogP contribution in [0.4, 0.5) is 11.4 Å². The molecule has 4 heteroatoms. The molecule has 4 nitrogen and oxygen atoms in total. The first kappa shape index (κ1) is 14.4. The molecule has 0 aromatic heterocycles. The number of carbonyl (C=O) groups excluding carboxylic acids is 1. The van der Waals surface area contributed by atoms with Crippen LogP contribution in [-0.4, -0.2) is 19.1 Å². The van der Waals surface area contributed by atoms with Crippen LogP contribution < -0.4 is 15.4 Å². The van der Waals surface area contributed by atoms with E-state index in [1.54, 1.807) is 24.1 Å². The number of ether oxygens (including phenoxy) is 1. The highest BCUT2D eigenvalue weighted by molar-refractivity contribution is 6.00. The van der Waals surface area contributed by atoms with Crippen LogP contribution in [0.3, 0.4) is 0 Å². The van der Waals surface area contributed by atoms with Crippen LogP contribution in [0.25, 0.3) is 0 Å². The number of hydrogen-bond acceptors (Lipinski definition) is 3. The normalized spacial score (nSPS) is 17.1. The van der Waals surface area contributed by atoms with Crippen LogP contribution in [0, 0.1) is 13.8 Å². The Balaban J connectivity index is 1.90. The molecule has 114 valence electrons. The molecule has 0 bridgehead atoms. The Labute approximate surface area is 130 Å². The first-order chi connectivity index (χ1) is 10.5. The van der Waals surface area contributed by atoms with E-state index >= 15 is 0 Å². The maximum absolute atomic E-state index is 12.5. The second kappa shape index (κ2) is 5.37. The van der Waals surface area contributed by atoms with E-state index in [0.29, 0.717) is 17.9 Å². The first-order valence-electron chi connectivity index (χ1n) is 7.35. The number of benzene rings is 2. The number of amides is 1. The predicted octanol–water partition coefficient (Wildman–Crippen LogP) is 2.85. The molecule has 1 heterocycles. The monoisotopic (exact) mass is 296 g/mol. The van der Waals surface area contributed by atoms with Gasteiger partial charge >= 0.3 is 0 Å². The van der Waals surface area contributed by atoms with Gasteiger partial charge in [-0.2, -0.15) is 0 Å². The van der Waals surface area contributed by atoms with E-state index in [9.17, 15) is 4.79 Å². The lowest BCUT2D eigenvalue weighted by Gasteiger charge is -2.32. The van der Waals surface area contributed by atoms with Crippen molar-refractivity contribution in [1.82, 2.24) is 0 Å². The topological polar surface area (TPSA) is 55.6 Å². The molecule has 0 saturated heterocycles. The average Bonchev–Trinajstić information content (AvgIpc) is 2.47. The molecule has 2 aromatic carbocycles. The fourth-order valence-corrected chi connectivity index (χ4v) is 2.84. The van der Waals surface area contributed by atoms with Crippen molar-refractivity contribution in [2.75, 3.05) is 17.7 Å². The van der Waals surface area contributed by atoms with Gasteiger partial charge in [-0.1, -0.05) is 23.8 Å². The Kier molecular flexibility index (Phi) is 3.53. The molecule has 1 aliphatic rings. The van der Waals surface area contributed by atoms with E-state index in [0.717, 1.165) is 11.3 Å². The van der Waals surface area contributed by atoms with Gasteiger partial charge in [0.2, 0.25) is 0 Å². The summed E-state index contributed by atoms with van der Waals surface area (Å²) in [5, 5.41) is 0. The summed E-state index contributed by atoms with van der Waals surface area (Å²) in [5.74, 6) is 0.633. The van der Waals surface area contributed by atoms with Gasteiger partial charge in [-0.05, 0) is 37.1 Å². The molecule has 1 aliphatic heterocycles. The minimum absolute atomic E-state index is 0.0303. The molecule has 2 aromatic rings. The highest BCUT2D eigenvalue weighted by Crippen LogP contribution is 2.35. The van der Waals surface area contributed by atoms with Crippen LogP contribution in [0.5, 0.6) is 5.75 Å². The van der Waals surface area contributed by atoms with Crippen molar-refractivity contribution in [3.05, 3.63) is 53.1 Å². The zero-order valence-corrected chi connectivity index (χ0v) is 13.1. The molecule has 2 N–H and O–H groups in total. The summed E-state index contributed by atoms with van der Waals surface area (Å²) >= 11 is 0. The molecule has 0 radical (unpaired) electrons. The summed E-state index contributed by atoms with van der Waals surface area (Å²) in [6.07, 6.45) is 0.0458. The molecular weight excluding hydrogens is 276 g/mol. The lowest BCUT2D eigenvalue weighted by molar-refractivity contribution is -0.125. The van der Waals surface area contributed by atoms with E-state index < -0.39 is 6.10 Å². The third-order valence-electron chi connectivity index (χ3n) is 4.12. The average molecular weight is 296 g/mol. The van der Waals surface area contributed by atoms with Crippen molar-refractivity contribution >= 4 is 17.3 Å². The SMILES string of the molecule is Cc1ccc(CC2Oc3cc(N)ccc3N(C)C2=O)c(C)c1. The number of nitrogens with zero attached hydrogens (tertiary/aromatic N) is 1. The van der Waals surface area contributed by atoms with Crippen molar-refractivity contribution in [3.8, 4) is 5.75 Å². The lowest BCUT2D eigenvalue weighted by atomic mass is 9.99. The van der Waals surface area contributed by atoms with E-state index in [4.69, 9.17) is 10.5 Å². The quantitative estimate of drug-likeness (QED) is 0.867. The molecule has 0 aliphatic carbocycles. The van der Waals surface area contributed by atoms with Crippen molar-refractivity contribution in [1.29, 1.82) is 0 Å². The Hall–Kier alpha value is -2.49. The number of aryl methyl sites for hydroxylation is 2. The number of nitrogen functional groups attached to an aromatic ring is 1. The number of hydrogen-bond donors (Lipinski definition) is 1. The fraction of sp³-hybridized carbons (Fsp3) is 0.278. The Morgan fingerprint density at radius 1 is 1.18 bits per heavy atom. The van der Waals surface area contributed by atoms with Gasteiger partial charge < -0.3 is 15.4 Å². The number of carbonyl (C=O) groups is 1. The van der Waals surface area contributed by atoms with Crippen molar-refractivity contribution in [2.45, 2.75) is 26.4 Å². The maximum Gasteiger partial charge on any atom is 0.268 e. The molecule has 1 unspecified atom stereocenters. The van der Waals surface area contributed by atoms with E-state index in [2.05, 4.69) is 32.0 Å². The number of nitrogens with two attached hydrogens (primary N) is 1. The lowest BCUT2D eigenvalue weighted by Crippen LogP contribution is -2.45. The maximum atomic E-state index is 12.5. The Morgan fingerprint density at radius 3 is 2.68 bits per heavy atom. The van der Waals surface area contributed by atoms with Gasteiger partial charge in [-0.15, -0.1) is 0 Å². The second-order valence-corrected chi connectivity index (χ2v) is 5.86. The van der Waals surface area contributed by atoms with Gasteiger partial charge in [0.05, 0.1) is 5.69 Å². The standard InChI is InChI=1S/C18H20N2O2/c1-11-4-5-13(12(2)8-11)9-17-18(21)20(3)15-7-6-14(19)10-16(15)22-17/h4-8,10,17H,9,19H2,1-3H3. The summed E-state index contributed by atoms with van der Waals surface area (Å²) in [6.45, 7) is 4.12. The highest BCUT2D eigenvalue weighted by atomic mass is 16.5. The van der Waals surface area contributed by atoms with E-state index in [-0.39, 0.29) is 5.91 Å². The summed E-state index contributed by atoms with van der Waals surface area (Å²) in [6, 6.07) is 11.6. The summed E-state index contributed by atoms with van der Waals surface area (Å²) in [7, 11) is 1.77. The third kappa shape index (κ3) is 2.52. The number of fused-ring (bicyclic) bond motifs is 1. The minimum atomic E-state index is -0.513. The second-order valence-electron chi connectivity index (χ2n) is 5.86. The summed E-state index contributed by atoms with van der Waals surface area (Å²) in [5.41, 5.74) is 10.7. The molecule has 0 spiro atoms. The van der Waals surface area contributed by atoms with Crippen molar-refractivity contribution in [3.63, 3.8) is 0 Å². The number of anilines is 2. The number of likely N-dealkylation sites (N-methyl/N-ethyl adjacent to an activating group) is 1. The molecule has 22 heavy (non-hydrogen) atoms. The molecule has 0 saturated carbocycles. The minimum Gasteiger partial charge on any atom is -0.478 e. The van der Waals surface area contributed by atoms with Gasteiger partial charge in [-0.25, -0.2) is 0 Å². The van der Waals surface area contributed by atoms with Gasteiger partial charge in [-0.3, -0.25) is 4.79 Å². The Bertz CT molecular complexity index is 740. The first-order valence-corrected chi connectivity index (χ1v) is 7.35. The molecule has 3 rings (SSSR count). The van der Waals surface area contributed by atoms with Gasteiger partial charge in [0.1, 0.15) is 5.75 Å². The number of rotatable bonds is 2. The molecule has 1 amide bonds. The van der Waals surface area contributed by atoms with E-state index in [1.807, 2.05) is 6.07 Å². The van der Waals surface area contributed by atoms with Crippen LogP contribution in [0.2, 0.25) is 0 Å². The molecular formula is C18H20N2O2. The zero-order valence-electron chi connectivity index (χ0n) is 13.1. The zero-order chi connectivity index (χ0) is 15.9. The summed E-state index contributed by atoms with van der Waals surface area (Å²) < 4.78 is 5.91. The van der Waals surface area contributed by atoms with Crippen LogP contribution in [0.15, 0.2) is 36.4 Å². The fourth-order valence-electron chi connectivity index (χ4n) is 2.84. The van der Waals surface area contributed by atoms with Gasteiger partial charge in [0.25, 0.3) is 5.91 Å². The highest BCUT2D eigenvalue weighted by Gasteiger charge is 2.32. The molecule has 1 atom stereocenters.